The van der Waals surface area contributed by atoms with Crippen LogP contribution in [0.15, 0.2) is 4.99 Å². The van der Waals surface area contributed by atoms with Gasteiger partial charge in [0.15, 0.2) is 0 Å². The van der Waals surface area contributed by atoms with Crippen LogP contribution in [0, 0.1) is 5.92 Å². The van der Waals surface area contributed by atoms with Gasteiger partial charge in [-0.2, -0.15) is 0 Å². The summed E-state index contributed by atoms with van der Waals surface area (Å²) in [6.45, 7) is 8.14. The maximum Gasteiger partial charge on any atom is 0.125 e. The molecule has 0 fully saturated rings. The fraction of sp³-hybridized carbons (Fsp3) is 0.938. The Kier molecular flexibility index (Phi) is 8.11. The predicted octanol–water partition coefficient (Wildman–Crippen LogP) is 3.82. The van der Waals surface area contributed by atoms with E-state index in [1.54, 1.807) is 0 Å². The van der Waals surface area contributed by atoms with E-state index < -0.39 is 0 Å². The van der Waals surface area contributed by atoms with Crippen molar-refractivity contribution in [3.63, 3.8) is 0 Å². The summed E-state index contributed by atoms with van der Waals surface area (Å²) >= 11 is 0. The summed E-state index contributed by atoms with van der Waals surface area (Å²) in [4.78, 5) is 6.57. The Hall–Kier alpha value is -0.570. The van der Waals surface area contributed by atoms with E-state index in [4.69, 9.17) is 0 Å². The van der Waals surface area contributed by atoms with Crippen LogP contribution in [0.4, 0.5) is 0 Å². The van der Waals surface area contributed by atoms with Crippen molar-refractivity contribution in [3.05, 3.63) is 0 Å². The molecule has 1 aliphatic heterocycles. The van der Waals surface area contributed by atoms with Gasteiger partial charge in [-0.15, -0.1) is 0 Å². The molecule has 0 spiro atoms. The quantitative estimate of drug-likeness (QED) is 0.611. The van der Waals surface area contributed by atoms with Gasteiger partial charge in [-0.25, -0.2) is 0 Å². The second kappa shape index (κ2) is 9.35. The number of hydrogen-bond donors (Lipinski definition) is 1. The van der Waals surface area contributed by atoms with Crippen molar-refractivity contribution in [1.82, 2.24) is 4.90 Å². The predicted molar refractivity (Wildman–Crippen MR) is 82.5 cm³/mol. The van der Waals surface area contributed by atoms with Gasteiger partial charge in [0.05, 0.1) is 6.54 Å². The molecule has 1 aliphatic rings. The third kappa shape index (κ3) is 6.42. The first kappa shape index (κ1) is 16.5. The number of nitrogens with zero attached hydrogens (tertiary/aromatic N) is 2. The van der Waals surface area contributed by atoms with Crippen molar-refractivity contribution >= 4 is 5.84 Å². The molecule has 1 rings (SSSR count). The van der Waals surface area contributed by atoms with Crippen LogP contribution < -0.4 is 0 Å². The molecule has 3 nitrogen and oxygen atoms in total. The molecule has 0 aliphatic carbocycles. The van der Waals surface area contributed by atoms with E-state index in [0.717, 1.165) is 25.3 Å². The number of hydrogen-bond acceptors (Lipinski definition) is 3. The van der Waals surface area contributed by atoms with Crippen molar-refractivity contribution in [2.75, 3.05) is 13.1 Å². The van der Waals surface area contributed by atoms with Gasteiger partial charge in [-0.05, 0) is 12.8 Å². The molecule has 112 valence electrons. The van der Waals surface area contributed by atoms with Crippen LogP contribution in [0.25, 0.3) is 0 Å². The lowest BCUT2D eigenvalue weighted by atomic mass is 9.98. The molecule has 19 heavy (non-hydrogen) atoms. The lowest BCUT2D eigenvalue weighted by Crippen LogP contribution is -2.36. The molecule has 0 bridgehead atoms. The lowest BCUT2D eigenvalue weighted by molar-refractivity contribution is 0.0760. The van der Waals surface area contributed by atoms with Gasteiger partial charge >= 0.3 is 0 Å². The second-order valence-corrected chi connectivity index (χ2v) is 5.99. The first-order valence-electron chi connectivity index (χ1n) is 8.13. The third-order valence-electron chi connectivity index (χ3n) is 4.00. The Labute approximate surface area is 119 Å². The standard InChI is InChI=1S/C16H32N2O/c1-4-5-6-7-8-9-10-14(2)13-16-17-11-12-18(16)15(3)19/h14-15,19H,4-13H2,1-3H3. The van der Waals surface area contributed by atoms with Crippen molar-refractivity contribution in [1.29, 1.82) is 0 Å². The number of unbranched alkanes of at least 4 members (excludes halogenated alkanes) is 5. The van der Waals surface area contributed by atoms with Crippen LogP contribution in [-0.2, 0) is 0 Å². The summed E-state index contributed by atoms with van der Waals surface area (Å²) in [5.74, 6) is 1.80. The Balaban J connectivity index is 2.12. The van der Waals surface area contributed by atoms with Crippen LogP contribution >= 0.6 is 0 Å². The average Bonchev–Trinajstić information content (AvgIpc) is 2.81. The summed E-state index contributed by atoms with van der Waals surface area (Å²) in [5, 5.41) is 9.68. The lowest BCUT2D eigenvalue weighted by Gasteiger charge is -2.25. The van der Waals surface area contributed by atoms with Gasteiger partial charge in [0.1, 0.15) is 12.1 Å². The van der Waals surface area contributed by atoms with Crippen molar-refractivity contribution in [2.45, 2.75) is 78.4 Å². The van der Waals surface area contributed by atoms with Gasteiger partial charge in [0.25, 0.3) is 0 Å². The second-order valence-electron chi connectivity index (χ2n) is 5.99. The molecule has 2 atom stereocenters. The summed E-state index contributed by atoms with van der Waals surface area (Å²) < 4.78 is 0. The molecule has 0 aromatic carbocycles. The minimum Gasteiger partial charge on any atom is -0.374 e. The Bertz CT molecular complexity index is 263. The van der Waals surface area contributed by atoms with E-state index in [1.165, 1.54) is 44.9 Å². The zero-order chi connectivity index (χ0) is 14.1. The van der Waals surface area contributed by atoms with E-state index in [0.29, 0.717) is 5.92 Å². The highest BCUT2D eigenvalue weighted by Gasteiger charge is 2.21. The van der Waals surface area contributed by atoms with E-state index in [-0.39, 0.29) is 6.23 Å². The topological polar surface area (TPSA) is 35.8 Å². The Morgan fingerprint density at radius 3 is 2.53 bits per heavy atom. The highest BCUT2D eigenvalue weighted by atomic mass is 16.3. The fourth-order valence-corrected chi connectivity index (χ4v) is 2.78. The molecule has 3 heteroatoms. The summed E-state index contributed by atoms with van der Waals surface area (Å²) in [7, 11) is 0. The number of aliphatic hydroxyl groups excluding tert-OH is 1. The van der Waals surface area contributed by atoms with Gasteiger partial charge in [-0.1, -0.05) is 58.8 Å². The third-order valence-corrected chi connectivity index (χ3v) is 4.00. The highest BCUT2D eigenvalue weighted by molar-refractivity contribution is 5.84. The van der Waals surface area contributed by atoms with Crippen molar-refractivity contribution in [2.24, 2.45) is 10.9 Å². The first-order valence-corrected chi connectivity index (χ1v) is 8.13. The molecule has 0 aromatic heterocycles. The monoisotopic (exact) mass is 268 g/mol. The highest BCUT2D eigenvalue weighted by Crippen LogP contribution is 2.19. The number of amidine groups is 1. The summed E-state index contributed by atoms with van der Waals surface area (Å²) in [6, 6.07) is 0. The molecular weight excluding hydrogens is 236 g/mol. The molecule has 0 aromatic rings. The van der Waals surface area contributed by atoms with Crippen LogP contribution in [0.3, 0.4) is 0 Å². The molecule has 0 saturated carbocycles. The normalized spacial score (nSPS) is 18.5. The Morgan fingerprint density at radius 1 is 1.16 bits per heavy atom. The van der Waals surface area contributed by atoms with E-state index >= 15 is 0 Å². The van der Waals surface area contributed by atoms with Crippen molar-refractivity contribution in [3.8, 4) is 0 Å². The van der Waals surface area contributed by atoms with E-state index in [9.17, 15) is 5.11 Å². The summed E-state index contributed by atoms with van der Waals surface area (Å²) in [5.41, 5.74) is 0. The molecule has 1 heterocycles. The maximum absolute atomic E-state index is 9.68. The van der Waals surface area contributed by atoms with Crippen LogP contribution in [0.1, 0.15) is 72.1 Å². The van der Waals surface area contributed by atoms with E-state index in [1.807, 2.05) is 11.8 Å². The van der Waals surface area contributed by atoms with Crippen LogP contribution in [-0.4, -0.2) is 35.2 Å². The van der Waals surface area contributed by atoms with Gasteiger partial charge in [0.2, 0.25) is 0 Å². The maximum atomic E-state index is 9.68. The molecule has 0 radical (unpaired) electrons. The fourth-order valence-electron chi connectivity index (χ4n) is 2.78. The number of aliphatic hydroxyl groups is 1. The smallest absolute Gasteiger partial charge is 0.125 e. The Morgan fingerprint density at radius 2 is 1.84 bits per heavy atom. The molecule has 0 amide bonds. The van der Waals surface area contributed by atoms with Crippen molar-refractivity contribution < 1.29 is 5.11 Å². The molecule has 0 saturated heterocycles. The first-order chi connectivity index (χ1) is 9.15. The van der Waals surface area contributed by atoms with Gasteiger partial charge in [0, 0.05) is 13.0 Å². The zero-order valence-electron chi connectivity index (χ0n) is 13.1. The molecule has 1 N–H and O–H groups in total. The SMILES string of the molecule is CCCCCCCCC(C)CC1=NCCN1C(C)O. The van der Waals surface area contributed by atoms with Crippen LogP contribution in [0.5, 0.6) is 0 Å². The van der Waals surface area contributed by atoms with Gasteiger partial charge < -0.3 is 10.0 Å². The number of aliphatic imine (C=N–C) groups is 1. The van der Waals surface area contributed by atoms with Gasteiger partial charge in [-0.3, -0.25) is 4.99 Å². The minimum atomic E-state index is -0.387. The minimum absolute atomic E-state index is 0.387. The molecule has 2 unspecified atom stereocenters. The molecular formula is C16H32N2O. The van der Waals surface area contributed by atoms with E-state index in [2.05, 4.69) is 18.8 Å². The number of rotatable bonds is 10. The average molecular weight is 268 g/mol. The summed E-state index contributed by atoms with van der Waals surface area (Å²) in [6.07, 6.45) is 10.1. The zero-order valence-corrected chi connectivity index (χ0v) is 13.1. The van der Waals surface area contributed by atoms with Crippen LogP contribution in [0.2, 0.25) is 0 Å². The largest absolute Gasteiger partial charge is 0.374 e.